The lowest BCUT2D eigenvalue weighted by Gasteiger charge is -2.11. The van der Waals surface area contributed by atoms with E-state index in [0.29, 0.717) is 34.9 Å². The summed E-state index contributed by atoms with van der Waals surface area (Å²) in [5, 5.41) is 10.8. The van der Waals surface area contributed by atoms with Crippen LogP contribution in [-0.2, 0) is 0 Å². The molecule has 3 aromatic rings. The minimum Gasteiger partial charge on any atom is -0.487 e. The summed E-state index contributed by atoms with van der Waals surface area (Å²) < 4.78 is 11.2. The van der Waals surface area contributed by atoms with Gasteiger partial charge in [-0.3, -0.25) is 0 Å². The third-order valence-corrected chi connectivity index (χ3v) is 3.62. The Morgan fingerprint density at radius 1 is 0.864 bits per heavy atom. The van der Waals surface area contributed by atoms with E-state index in [0.717, 1.165) is 10.8 Å². The summed E-state index contributed by atoms with van der Waals surface area (Å²) in [6.07, 6.45) is 1.70. The lowest BCUT2D eigenvalue weighted by Crippen LogP contribution is -2.10. The van der Waals surface area contributed by atoms with Crippen LogP contribution in [0.4, 0.5) is 0 Å². The highest BCUT2D eigenvalue weighted by molar-refractivity contribution is 6.37. The maximum absolute atomic E-state index is 6.03. The van der Waals surface area contributed by atoms with Crippen LogP contribution in [0.15, 0.2) is 48.7 Å². The predicted molar refractivity (Wildman–Crippen MR) is 87.0 cm³/mol. The van der Waals surface area contributed by atoms with E-state index in [9.17, 15) is 0 Å². The average Bonchev–Trinajstić information content (AvgIpc) is 2.54. The van der Waals surface area contributed by atoms with E-state index < -0.39 is 0 Å². The maximum atomic E-state index is 6.03. The Balaban J connectivity index is 1.63. The molecular weight excluding hydrogens is 323 g/mol. The van der Waals surface area contributed by atoms with E-state index in [4.69, 9.17) is 32.7 Å². The molecule has 4 nitrogen and oxygen atoms in total. The molecule has 22 heavy (non-hydrogen) atoms. The van der Waals surface area contributed by atoms with Crippen LogP contribution in [0, 0.1) is 0 Å². The molecule has 0 radical (unpaired) electrons. The highest BCUT2D eigenvalue weighted by atomic mass is 35.5. The van der Waals surface area contributed by atoms with Crippen molar-refractivity contribution in [1.82, 2.24) is 10.2 Å². The summed E-state index contributed by atoms with van der Waals surface area (Å²) in [5.41, 5.74) is 0. The van der Waals surface area contributed by atoms with Gasteiger partial charge in [0.1, 0.15) is 13.2 Å². The first-order chi connectivity index (χ1) is 10.8. The molecule has 0 bridgehead atoms. The molecule has 112 valence electrons. The second kappa shape index (κ2) is 6.81. The zero-order valence-electron chi connectivity index (χ0n) is 11.5. The van der Waals surface area contributed by atoms with Crippen LogP contribution >= 0.6 is 23.2 Å². The minimum atomic E-state index is 0.300. The summed E-state index contributed by atoms with van der Waals surface area (Å²) in [6.45, 7) is 0.610. The molecule has 0 aliphatic rings. The first-order valence-corrected chi connectivity index (χ1v) is 7.41. The van der Waals surface area contributed by atoms with Crippen LogP contribution in [0.2, 0.25) is 10.0 Å². The highest BCUT2D eigenvalue weighted by Crippen LogP contribution is 2.32. The quantitative estimate of drug-likeness (QED) is 0.649. The molecule has 0 aliphatic carbocycles. The van der Waals surface area contributed by atoms with Crippen molar-refractivity contribution >= 4 is 34.0 Å². The smallest absolute Gasteiger partial charge is 0.241 e. The lowest BCUT2D eigenvalue weighted by molar-refractivity contribution is 0.212. The fraction of sp³-hybridized carbons (Fsp3) is 0.125. The van der Waals surface area contributed by atoms with Gasteiger partial charge in [0.05, 0.1) is 16.2 Å². The molecule has 0 atom stereocenters. The van der Waals surface area contributed by atoms with Crippen LogP contribution in [-0.4, -0.2) is 23.4 Å². The van der Waals surface area contributed by atoms with E-state index in [-0.39, 0.29) is 0 Å². The van der Waals surface area contributed by atoms with Crippen LogP contribution in [0.5, 0.6) is 11.6 Å². The van der Waals surface area contributed by atoms with Crippen molar-refractivity contribution in [2.75, 3.05) is 13.2 Å². The van der Waals surface area contributed by atoms with Gasteiger partial charge in [-0.25, -0.2) is 0 Å². The summed E-state index contributed by atoms with van der Waals surface area (Å²) in [5.74, 6) is 0.936. The Kier molecular flexibility index (Phi) is 4.61. The molecule has 0 saturated carbocycles. The van der Waals surface area contributed by atoms with E-state index >= 15 is 0 Å². The van der Waals surface area contributed by atoms with E-state index in [1.807, 2.05) is 24.3 Å². The molecule has 1 heterocycles. The number of nitrogens with zero attached hydrogens (tertiary/aromatic N) is 2. The molecule has 0 N–H and O–H groups in total. The molecule has 0 spiro atoms. The van der Waals surface area contributed by atoms with Crippen molar-refractivity contribution in [1.29, 1.82) is 0 Å². The highest BCUT2D eigenvalue weighted by Gasteiger charge is 2.07. The first kappa shape index (κ1) is 14.9. The van der Waals surface area contributed by atoms with Gasteiger partial charge in [-0.1, -0.05) is 47.5 Å². The SMILES string of the molecule is Clc1cccc(Cl)c1OCCOc1nncc2ccccc12. The number of fused-ring (bicyclic) bond motifs is 1. The monoisotopic (exact) mass is 334 g/mol. The van der Waals surface area contributed by atoms with Crippen molar-refractivity contribution < 1.29 is 9.47 Å². The molecular formula is C16H12Cl2N2O2. The molecule has 0 amide bonds. The van der Waals surface area contributed by atoms with Crippen LogP contribution in [0.1, 0.15) is 0 Å². The molecule has 0 aliphatic heterocycles. The standard InChI is InChI=1S/C16H12Cl2N2O2/c17-13-6-3-7-14(18)15(13)21-8-9-22-16-12-5-2-1-4-11(12)10-19-20-16/h1-7,10H,8-9H2. The van der Waals surface area contributed by atoms with Crippen molar-refractivity contribution in [3.05, 3.63) is 58.7 Å². The number of hydrogen-bond acceptors (Lipinski definition) is 4. The van der Waals surface area contributed by atoms with Crippen molar-refractivity contribution in [2.45, 2.75) is 0 Å². The van der Waals surface area contributed by atoms with Gasteiger partial charge in [0, 0.05) is 10.8 Å². The number of para-hydroxylation sites is 1. The number of hydrogen-bond donors (Lipinski definition) is 0. The second-order valence-electron chi connectivity index (χ2n) is 4.48. The van der Waals surface area contributed by atoms with Crippen molar-refractivity contribution in [3.8, 4) is 11.6 Å². The summed E-state index contributed by atoms with van der Waals surface area (Å²) in [7, 11) is 0. The number of aromatic nitrogens is 2. The van der Waals surface area contributed by atoms with Gasteiger partial charge in [0.25, 0.3) is 0 Å². The molecule has 0 saturated heterocycles. The fourth-order valence-electron chi connectivity index (χ4n) is 2.01. The van der Waals surface area contributed by atoms with Gasteiger partial charge in [0.15, 0.2) is 5.75 Å². The van der Waals surface area contributed by atoms with Gasteiger partial charge in [-0.2, -0.15) is 5.10 Å². The van der Waals surface area contributed by atoms with Gasteiger partial charge in [-0.05, 0) is 18.2 Å². The van der Waals surface area contributed by atoms with Gasteiger partial charge in [-0.15, -0.1) is 5.10 Å². The Morgan fingerprint density at radius 2 is 1.59 bits per heavy atom. The molecule has 0 unspecified atom stereocenters. The topological polar surface area (TPSA) is 44.2 Å². The summed E-state index contributed by atoms with van der Waals surface area (Å²) in [6, 6.07) is 13.0. The Morgan fingerprint density at radius 3 is 2.41 bits per heavy atom. The van der Waals surface area contributed by atoms with Crippen LogP contribution in [0.25, 0.3) is 10.8 Å². The zero-order valence-corrected chi connectivity index (χ0v) is 13.0. The largest absolute Gasteiger partial charge is 0.487 e. The lowest BCUT2D eigenvalue weighted by atomic mass is 10.2. The summed E-state index contributed by atoms with van der Waals surface area (Å²) >= 11 is 12.1. The predicted octanol–water partition coefficient (Wildman–Crippen LogP) is 4.39. The second-order valence-corrected chi connectivity index (χ2v) is 5.30. The van der Waals surface area contributed by atoms with E-state index in [2.05, 4.69) is 10.2 Å². The Bertz CT molecular complexity index is 770. The first-order valence-electron chi connectivity index (χ1n) is 6.66. The van der Waals surface area contributed by atoms with Crippen molar-refractivity contribution in [2.24, 2.45) is 0 Å². The number of halogens is 2. The van der Waals surface area contributed by atoms with E-state index in [1.165, 1.54) is 0 Å². The molecule has 0 fully saturated rings. The molecule has 6 heteroatoms. The third kappa shape index (κ3) is 3.24. The molecule has 2 aromatic carbocycles. The van der Waals surface area contributed by atoms with Crippen LogP contribution in [0.3, 0.4) is 0 Å². The number of ether oxygens (including phenoxy) is 2. The number of rotatable bonds is 5. The van der Waals surface area contributed by atoms with Gasteiger partial charge < -0.3 is 9.47 Å². The van der Waals surface area contributed by atoms with E-state index in [1.54, 1.807) is 24.4 Å². The van der Waals surface area contributed by atoms with Crippen LogP contribution < -0.4 is 9.47 Å². The Labute approximate surface area is 137 Å². The van der Waals surface area contributed by atoms with Gasteiger partial charge >= 0.3 is 0 Å². The van der Waals surface area contributed by atoms with Gasteiger partial charge in [0.2, 0.25) is 5.88 Å². The maximum Gasteiger partial charge on any atom is 0.241 e. The minimum absolute atomic E-state index is 0.300. The number of benzene rings is 2. The fourth-order valence-corrected chi connectivity index (χ4v) is 2.52. The van der Waals surface area contributed by atoms with Crippen molar-refractivity contribution in [3.63, 3.8) is 0 Å². The zero-order chi connectivity index (χ0) is 15.4. The average molecular weight is 335 g/mol. The summed E-state index contributed by atoms with van der Waals surface area (Å²) in [4.78, 5) is 0. The Hall–Kier alpha value is -2.04. The molecule has 1 aromatic heterocycles. The third-order valence-electron chi connectivity index (χ3n) is 3.02. The normalized spacial score (nSPS) is 10.6. The molecule has 3 rings (SSSR count).